The highest BCUT2D eigenvalue weighted by molar-refractivity contribution is 4.99. The minimum absolute atomic E-state index is 0.143. The van der Waals surface area contributed by atoms with E-state index in [2.05, 4.69) is 6.92 Å². The van der Waals surface area contributed by atoms with Gasteiger partial charge in [0.1, 0.15) is 12.2 Å². The second-order valence-electron chi connectivity index (χ2n) is 6.91. The van der Waals surface area contributed by atoms with Crippen LogP contribution in [-0.2, 0) is 14.2 Å². The molecule has 2 heterocycles. The summed E-state index contributed by atoms with van der Waals surface area (Å²) < 4.78 is 17.5. The van der Waals surface area contributed by atoms with Crippen LogP contribution in [0.2, 0.25) is 0 Å². The van der Waals surface area contributed by atoms with Gasteiger partial charge in [-0.2, -0.15) is 0 Å². The first-order valence-corrected chi connectivity index (χ1v) is 8.45. The Balaban J connectivity index is 2.01. The quantitative estimate of drug-likeness (QED) is 0.581. The Hall–Kier alpha value is -0.240. The predicted molar refractivity (Wildman–Crippen MR) is 82.0 cm³/mol. The Morgan fingerprint density at radius 2 is 1.91 bits per heavy atom. The molecule has 0 radical (unpaired) electrons. The van der Waals surface area contributed by atoms with Gasteiger partial charge in [-0.25, -0.2) is 0 Å². The first-order valence-electron chi connectivity index (χ1n) is 8.45. The van der Waals surface area contributed by atoms with E-state index in [4.69, 9.17) is 19.9 Å². The van der Waals surface area contributed by atoms with E-state index in [1.165, 1.54) is 12.8 Å². The molecule has 6 heteroatoms. The molecule has 6 nitrogen and oxygen atoms in total. The van der Waals surface area contributed by atoms with E-state index in [1.807, 2.05) is 13.8 Å². The van der Waals surface area contributed by atoms with Crippen molar-refractivity contribution in [2.24, 2.45) is 11.7 Å². The van der Waals surface area contributed by atoms with Gasteiger partial charge in [0.2, 0.25) is 0 Å². The largest absolute Gasteiger partial charge is 0.394 e. The van der Waals surface area contributed by atoms with E-state index in [9.17, 15) is 10.2 Å². The predicted octanol–water partition coefficient (Wildman–Crippen LogP) is 1.13. The lowest BCUT2D eigenvalue weighted by atomic mass is 9.85. The minimum Gasteiger partial charge on any atom is -0.394 e. The molecule has 22 heavy (non-hydrogen) atoms. The standard InChI is InChI=1S/C16H31NO5/c1-4-5-6-7-8-10(17)12-13(11(19)9-18)20-15-14(12)21-16(2,3)22-15/h10-15,18-19H,4-9,17H2,1-3H3/t10?,11-,12+,13-,14-,15-/m1/s1. The first kappa shape index (κ1) is 18.1. The van der Waals surface area contributed by atoms with E-state index in [-0.39, 0.29) is 24.7 Å². The molecule has 0 bridgehead atoms. The fourth-order valence-electron chi connectivity index (χ4n) is 3.49. The molecule has 2 rings (SSSR count). The van der Waals surface area contributed by atoms with E-state index >= 15 is 0 Å². The van der Waals surface area contributed by atoms with Gasteiger partial charge in [-0.3, -0.25) is 0 Å². The zero-order chi connectivity index (χ0) is 16.3. The molecular formula is C16H31NO5. The number of aliphatic hydroxyl groups is 2. The minimum atomic E-state index is -0.965. The van der Waals surface area contributed by atoms with Crippen LogP contribution >= 0.6 is 0 Å². The van der Waals surface area contributed by atoms with Crippen molar-refractivity contribution in [3.63, 3.8) is 0 Å². The normalized spacial score (nSPS) is 36.3. The molecule has 1 unspecified atom stereocenters. The van der Waals surface area contributed by atoms with Gasteiger partial charge in [0.25, 0.3) is 0 Å². The van der Waals surface area contributed by atoms with Crippen LogP contribution in [-0.4, -0.2) is 53.3 Å². The van der Waals surface area contributed by atoms with Gasteiger partial charge in [0.15, 0.2) is 12.1 Å². The van der Waals surface area contributed by atoms with Crippen LogP contribution in [0.3, 0.4) is 0 Å². The molecule has 0 aromatic rings. The van der Waals surface area contributed by atoms with Crippen LogP contribution in [0.5, 0.6) is 0 Å². The molecule has 0 aromatic carbocycles. The summed E-state index contributed by atoms with van der Waals surface area (Å²) in [5.41, 5.74) is 6.38. The number of ether oxygens (including phenoxy) is 3. The van der Waals surface area contributed by atoms with E-state index in [1.54, 1.807) is 0 Å². The molecule has 0 saturated carbocycles. The topological polar surface area (TPSA) is 94.2 Å². The van der Waals surface area contributed by atoms with E-state index in [0.717, 1.165) is 19.3 Å². The Morgan fingerprint density at radius 1 is 1.18 bits per heavy atom. The van der Waals surface area contributed by atoms with Gasteiger partial charge in [0, 0.05) is 12.0 Å². The number of fused-ring (bicyclic) bond motifs is 1. The van der Waals surface area contributed by atoms with Gasteiger partial charge in [-0.05, 0) is 20.3 Å². The van der Waals surface area contributed by atoms with Crippen molar-refractivity contribution in [1.82, 2.24) is 0 Å². The molecule has 4 N–H and O–H groups in total. The summed E-state index contributed by atoms with van der Waals surface area (Å²) >= 11 is 0. The second kappa shape index (κ2) is 7.55. The maximum atomic E-state index is 10.0. The van der Waals surface area contributed by atoms with Gasteiger partial charge in [0.05, 0.1) is 12.7 Å². The highest BCUT2D eigenvalue weighted by atomic mass is 16.8. The SMILES string of the molecule is CCCCCCC(N)[C@@H]1[C@H]2OC(C)(C)O[C@H]2O[C@@H]1[C@H](O)CO. The number of rotatable bonds is 8. The molecule has 0 aliphatic carbocycles. The van der Waals surface area contributed by atoms with Crippen LogP contribution in [0.25, 0.3) is 0 Å². The maximum absolute atomic E-state index is 10.0. The number of nitrogens with two attached hydrogens (primary N) is 1. The van der Waals surface area contributed by atoms with Crippen LogP contribution in [0.15, 0.2) is 0 Å². The maximum Gasteiger partial charge on any atom is 0.188 e. The summed E-state index contributed by atoms with van der Waals surface area (Å²) in [6.45, 7) is 5.51. The van der Waals surface area contributed by atoms with Crippen LogP contribution in [0.4, 0.5) is 0 Å². The van der Waals surface area contributed by atoms with Crippen LogP contribution < -0.4 is 5.73 Å². The van der Waals surface area contributed by atoms with Crippen molar-refractivity contribution < 1.29 is 24.4 Å². The van der Waals surface area contributed by atoms with Gasteiger partial charge < -0.3 is 30.2 Å². The summed E-state index contributed by atoms with van der Waals surface area (Å²) in [5, 5.41) is 19.3. The summed E-state index contributed by atoms with van der Waals surface area (Å²) in [4.78, 5) is 0. The smallest absolute Gasteiger partial charge is 0.188 e. The van der Waals surface area contributed by atoms with Gasteiger partial charge >= 0.3 is 0 Å². The van der Waals surface area contributed by atoms with Crippen molar-refractivity contribution in [3.05, 3.63) is 0 Å². The molecule has 0 spiro atoms. The van der Waals surface area contributed by atoms with Crippen molar-refractivity contribution in [2.75, 3.05) is 6.61 Å². The molecule has 6 atom stereocenters. The number of aliphatic hydroxyl groups excluding tert-OH is 2. The zero-order valence-electron chi connectivity index (χ0n) is 13.9. The Bertz CT molecular complexity index is 351. The molecule has 2 fully saturated rings. The molecule has 2 aliphatic rings. The van der Waals surface area contributed by atoms with Crippen molar-refractivity contribution in [1.29, 1.82) is 0 Å². The molecule has 0 aromatic heterocycles. The van der Waals surface area contributed by atoms with Gasteiger partial charge in [-0.15, -0.1) is 0 Å². The third-order valence-corrected chi connectivity index (χ3v) is 4.59. The third kappa shape index (κ3) is 3.99. The third-order valence-electron chi connectivity index (χ3n) is 4.59. The molecule has 2 aliphatic heterocycles. The fourth-order valence-corrected chi connectivity index (χ4v) is 3.49. The average Bonchev–Trinajstić information content (AvgIpc) is 2.94. The van der Waals surface area contributed by atoms with Crippen molar-refractivity contribution >= 4 is 0 Å². The molecule has 2 saturated heterocycles. The van der Waals surface area contributed by atoms with Gasteiger partial charge in [-0.1, -0.05) is 32.6 Å². The molecule has 130 valence electrons. The summed E-state index contributed by atoms with van der Waals surface area (Å²) in [7, 11) is 0. The monoisotopic (exact) mass is 317 g/mol. The highest BCUT2D eigenvalue weighted by Gasteiger charge is 2.57. The van der Waals surface area contributed by atoms with Crippen LogP contribution in [0.1, 0.15) is 52.9 Å². The van der Waals surface area contributed by atoms with Crippen LogP contribution in [0, 0.1) is 5.92 Å². The zero-order valence-corrected chi connectivity index (χ0v) is 13.9. The number of unbranched alkanes of at least 4 members (excludes halogenated alkanes) is 3. The summed E-state index contributed by atoms with van der Waals surface area (Å²) in [5.74, 6) is -0.875. The van der Waals surface area contributed by atoms with E-state index < -0.39 is 24.3 Å². The molecule has 0 amide bonds. The lowest BCUT2D eigenvalue weighted by molar-refractivity contribution is -0.223. The lowest BCUT2D eigenvalue weighted by Gasteiger charge is -2.31. The average molecular weight is 317 g/mol. The Kier molecular flexibility index (Phi) is 6.22. The highest BCUT2D eigenvalue weighted by Crippen LogP contribution is 2.43. The second-order valence-corrected chi connectivity index (χ2v) is 6.91. The molecular weight excluding hydrogens is 286 g/mol. The fraction of sp³-hybridized carbons (Fsp3) is 1.00. The number of hydrogen-bond donors (Lipinski definition) is 3. The van der Waals surface area contributed by atoms with Crippen molar-refractivity contribution in [2.45, 2.75) is 89.3 Å². The Labute approximate surface area is 132 Å². The lowest BCUT2D eigenvalue weighted by Crippen LogP contribution is -2.47. The summed E-state index contributed by atoms with van der Waals surface area (Å²) in [6.07, 6.45) is 3.13. The van der Waals surface area contributed by atoms with E-state index in [0.29, 0.717) is 0 Å². The Morgan fingerprint density at radius 3 is 2.55 bits per heavy atom. The number of hydrogen-bond acceptors (Lipinski definition) is 6. The summed E-state index contributed by atoms with van der Waals surface area (Å²) in [6, 6.07) is -0.143. The van der Waals surface area contributed by atoms with Crippen molar-refractivity contribution in [3.8, 4) is 0 Å². The first-order chi connectivity index (χ1) is 10.4.